The van der Waals surface area contributed by atoms with Gasteiger partial charge in [0.1, 0.15) is 22.1 Å². The Hall–Kier alpha value is -4.45. The molecule has 1 amide bonds. The molecule has 0 fully saturated rings. The van der Waals surface area contributed by atoms with Crippen molar-refractivity contribution in [2.75, 3.05) is 21.0 Å². The van der Waals surface area contributed by atoms with Crippen molar-refractivity contribution in [2.24, 2.45) is 0 Å². The molecule has 11 nitrogen and oxygen atoms in total. The third kappa shape index (κ3) is 6.01. The standard InChI is InChI=1S/C27H27NO10S/c1-4-5-16-12-18(27(30)31)7-9-20(16)38-25(17-6-10-21-22(13-17)37-15-36-21)26(29)28-39(32,33)24-11-8-19(34-2)14-23(24)35-3/h6-14,25H,4-5,15H2,1-3H3,(H,28,29)(H,30,31). The van der Waals surface area contributed by atoms with E-state index in [2.05, 4.69) is 4.72 Å². The van der Waals surface area contributed by atoms with Gasteiger partial charge in [0.25, 0.3) is 15.9 Å². The number of fused-ring (bicyclic) bond motifs is 1. The van der Waals surface area contributed by atoms with Crippen LogP contribution >= 0.6 is 0 Å². The van der Waals surface area contributed by atoms with Crippen LogP contribution in [0, 0.1) is 0 Å². The molecule has 1 aliphatic rings. The van der Waals surface area contributed by atoms with E-state index in [1.54, 1.807) is 12.1 Å². The number of carbonyl (C=O) groups is 2. The Morgan fingerprint density at radius 2 is 1.74 bits per heavy atom. The highest BCUT2D eigenvalue weighted by Crippen LogP contribution is 2.37. The van der Waals surface area contributed by atoms with Crippen molar-refractivity contribution >= 4 is 21.9 Å². The van der Waals surface area contributed by atoms with Crippen LogP contribution in [0.1, 0.15) is 40.9 Å². The number of hydrogen-bond donors (Lipinski definition) is 2. The highest BCUT2D eigenvalue weighted by Gasteiger charge is 2.31. The van der Waals surface area contributed by atoms with Gasteiger partial charge in [0, 0.05) is 11.6 Å². The first-order chi connectivity index (χ1) is 18.7. The second-order valence-electron chi connectivity index (χ2n) is 8.47. The number of carbonyl (C=O) groups excluding carboxylic acids is 1. The van der Waals surface area contributed by atoms with E-state index in [4.69, 9.17) is 23.7 Å². The van der Waals surface area contributed by atoms with E-state index >= 15 is 0 Å². The van der Waals surface area contributed by atoms with Crippen LogP contribution < -0.4 is 28.4 Å². The molecule has 0 aliphatic carbocycles. The monoisotopic (exact) mass is 557 g/mol. The maximum absolute atomic E-state index is 13.6. The molecule has 1 aliphatic heterocycles. The van der Waals surface area contributed by atoms with Gasteiger partial charge < -0.3 is 28.8 Å². The maximum atomic E-state index is 13.6. The summed E-state index contributed by atoms with van der Waals surface area (Å²) in [4.78, 5) is 24.8. The lowest BCUT2D eigenvalue weighted by Crippen LogP contribution is -2.37. The Morgan fingerprint density at radius 1 is 0.974 bits per heavy atom. The van der Waals surface area contributed by atoms with E-state index in [0.717, 1.165) is 0 Å². The van der Waals surface area contributed by atoms with Gasteiger partial charge >= 0.3 is 5.97 Å². The zero-order valence-electron chi connectivity index (χ0n) is 21.4. The Bertz CT molecular complexity index is 1500. The second kappa shape index (κ2) is 11.5. The normalized spacial score (nSPS) is 12.9. The number of carboxylic acids is 1. The summed E-state index contributed by atoms with van der Waals surface area (Å²) in [6, 6.07) is 13.0. The molecule has 0 radical (unpaired) electrons. The largest absolute Gasteiger partial charge is 0.497 e. The SMILES string of the molecule is CCCc1cc(C(=O)O)ccc1OC(C(=O)NS(=O)(=O)c1ccc(OC)cc1OC)c1ccc2c(c1)OCO2. The first kappa shape index (κ1) is 27.6. The fourth-order valence-corrected chi connectivity index (χ4v) is 5.14. The van der Waals surface area contributed by atoms with Gasteiger partial charge in [-0.25, -0.2) is 17.9 Å². The molecule has 0 saturated heterocycles. The van der Waals surface area contributed by atoms with E-state index in [9.17, 15) is 23.1 Å². The van der Waals surface area contributed by atoms with E-state index in [1.165, 1.54) is 56.7 Å². The van der Waals surface area contributed by atoms with Gasteiger partial charge in [-0.05, 0) is 54.4 Å². The Balaban J connectivity index is 1.73. The first-order valence-corrected chi connectivity index (χ1v) is 13.4. The van der Waals surface area contributed by atoms with Crippen LogP contribution in [0.25, 0.3) is 0 Å². The summed E-state index contributed by atoms with van der Waals surface area (Å²) in [5, 5.41) is 9.40. The second-order valence-corrected chi connectivity index (χ2v) is 10.1. The van der Waals surface area contributed by atoms with Gasteiger partial charge in [-0.15, -0.1) is 0 Å². The molecular weight excluding hydrogens is 530 g/mol. The van der Waals surface area contributed by atoms with Crippen LogP contribution in [0.5, 0.6) is 28.7 Å². The van der Waals surface area contributed by atoms with Gasteiger partial charge in [-0.2, -0.15) is 0 Å². The molecule has 1 atom stereocenters. The fraction of sp³-hybridized carbons (Fsp3) is 0.259. The summed E-state index contributed by atoms with van der Waals surface area (Å²) in [6.45, 7) is 1.91. The smallest absolute Gasteiger partial charge is 0.335 e. The van der Waals surface area contributed by atoms with Crippen LogP contribution in [0.4, 0.5) is 0 Å². The molecule has 1 heterocycles. The summed E-state index contributed by atoms with van der Waals surface area (Å²) in [6.07, 6.45) is -0.316. The third-order valence-electron chi connectivity index (χ3n) is 5.90. The quantitative estimate of drug-likeness (QED) is 0.358. The minimum atomic E-state index is -4.42. The summed E-state index contributed by atoms with van der Waals surface area (Å²) >= 11 is 0. The Labute approximate surface area is 225 Å². The molecule has 0 bridgehead atoms. The number of hydrogen-bond acceptors (Lipinski definition) is 9. The lowest BCUT2D eigenvalue weighted by Gasteiger charge is -2.22. The molecular formula is C27H27NO10S. The van der Waals surface area contributed by atoms with Crippen molar-refractivity contribution < 1.29 is 46.8 Å². The fourth-order valence-electron chi connectivity index (χ4n) is 4.01. The van der Waals surface area contributed by atoms with Gasteiger partial charge in [0.15, 0.2) is 11.5 Å². The van der Waals surface area contributed by atoms with Crippen molar-refractivity contribution in [3.8, 4) is 28.7 Å². The summed E-state index contributed by atoms with van der Waals surface area (Å²) < 4.78 is 55.8. The number of carboxylic acid groups (broad SMARTS) is 1. The minimum absolute atomic E-state index is 0.000547. The number of benzene rings is 3. The molecule has 1 unspecified atom stereocenters. The minimum Gasteiger partial charge on any atom is -0.497 e. The summed E-state index contributed by atoms with van der Waals surface area (Å²) in [5.74, 6) is -0.690. The predicted octanol–water partition coefficient (Wildman–Crippen LogP) is 3.71. The van der Waals surface area contributed by atoms with Crippen molar-refractivity contribution in [1.29, 1.82) is 0 Å². The number of aromatic carboxylic acids is 1. The first-order valence-electron chi connectivity index (χ1n) is 11.9. The zero-order valence-corrected chi connectivity index (χ0v) is 22.2. The van der Waals surface area contributed by atoms with Crippen LogP contribution in [0.2, 0.25) is 0 Å². The third-order valence-corrected chi connectivity index (χ3v) is 7.29. The summed E-state index contributed by atoms with van der Waals surface area (Å²) in [7, 11) is -1.70. The van der Waals surface area contributed by atoms with E-state index < -0.39 is 28.0 Å². The Kier molecular flexibility index (Phi) is 8.15. The molecule has 206 valence electrons. The molecule has 0 aromatic heterocycles. The van der Waals surface area contributed by atoms with Gasteiger partial charge in [0.05, 0.1) is 19.8 Å². The molecule has 0 spiro atoms. The van der Waals surface area contributed by atoms with Crippen LogP contribution in [-0.4, -0.2) is 46.4 Å². The van der Waals surface area contributed by atoms with Gasteiger partial charge in [-0.3, -0.25) is 4.79 Å². The number of aryl methyl sites for hydroxylation is 1. The zero-order chi connectivity index (χ0) is 28.2. The average molecular weight is 558 g/mol. The number of rotatable bonds is 11. The predicted molar refractivity (Wildman–Crippen MR) is 138 cm³/mol. The lowest BCUT2D eigenvalue weighted by molar-refractivity contribution is -0.126. The molecule has 4 rings (SSSR count). The molecule has 3 aromatic rings. The number of amides is 1. The lowest BCUT2D eigenvalue weighted by atomic mass is 10.0. The highest BCUT2D eigenvalue weighted by atomic mass is 32.2. The molecule has 0 saturated carbocycles. The highest BCUT2D eigenvalue weighted by molar-refractivity contribution is 7.90. The molecule has 3 aromatic carbocycles. The van der Waals surface area contributed by atoms with E-state index in [-0.39, 0.29) is 28.8 Å². The van der Waals surface area contributed by atoms with Crippen LogP contribution in [0.15, 0.2) is 59.5 Å². The van der Waals surface area contributed by atoms with Crippen molar-refractivity contribution in [3.05, 3.63) is 71.3 Å². The van der Waals surface area contributed by atoms with Gasteiger partial charge in [0.2, 0.25) is 12.9 Å². The van der Waals surface area contributed by atoms with Crippen molar-refractivity contribution in [3.63, 3.8) is 0 Å². The van der Waals surface area contributed by atoms with E-state index in [1.807, 2.05) is 6.92 Å². The number of nitrogens with one attached hydrogen (secondary N) is 1. The maximum Gasteiger partial charge on any atom is 0.335 e. The molecule has 39 heavy (non-hydrogen) atoms. The number of sulfonamides is 1. The van der Waals surface area contributed by atoms with Gasteiger partial charge in [-0.1, -0.05) is 19.4 Å². The molecule has 12 heteroatoms. The number of ether oxygens (including phenoxy) is 5. The van der Waals surface area contributed by atoms with Crippen LogP contribution in [0.3, 0.4) is 0 Å². The summed E-state index contributed by atoms with van der Waals surface area (Å²) in [5.41, 5.74) is 0.901. The van der Waals surface area contributed by atoms with Crippen molar-refractivity contribution in [2.45, 2.75) is 30.8 Å². The van der Waals surface area contributed by atoms with E-state index in [0.29, 0.717) is 41.2 Å². The number of methoxy groups -OCH3 is 2. The Morgan fingerprint density at radius 3 is 2.44 bits per heavy atom. The topological polar surface area (TPSA) is 147 Å². The van der Waals surface area contributed by atoms with Crippen molar-refractivity contribution in [1.82, 2.24) is 4.72 Å². The van der Waals surface area contributed by atoms with Crippen LogP contribution in [-0.2, 0) is 21.2 Å². The molecule has 2 N–H and O–H groups in total. The average Bonchev–Trinajstić information content (AvgIpc) is 3.39.